The van der Waals surface area contributed by atoms with Crippen molar-refractivity contribution in [3.63, 3.8) is 0 Å². The molecule has 1 aromatic carbocycles. The molecule has 3 nitrogen and oxygen atoms in total. The van der Waals surface area contributed by atoms with Crippen LogP contribution in [0, 0.1) is 12.8 Å². The van der Waals surface area contributed by atoms with Crippen molar-refractivity contribution in [1.29, 1.82) is 0 Å². The zero-order chi connectivity index (χ0) is 16.4. The van der Waals surface area contributed by atoms with Gasteiger partial charge in [-0.15, -0.1) is 0 Å². The maximum atomic E-state index is 12.3. The van der Waals surface area contributed by atoms with Crippen LogP contribution in [0.4, 0.5) is 32.0 Å². The molecule has 1 amide bonds. The van der Waals surface area contributed by atoms with Gasteiger partial charge in [-0.1, -0.05) is 12.1 Å². The van der Waals surface area contributed by atoms with Crippen LogP contribution in [0.2, 0.25) is 0 Å². The quantitative estimate of drug-likeness (QED) is 0.666. The fraction of sp³-hybridized carbons (Fsp3) is 0.417. The van der Waals surface area contributed by atoms with Gasteiger partial charge in [0.15, 0.2) is 0 Å². The van der Waals surface area contributed by atoms with Crippen molar-refractivity contribution in [3.05, 3.63) is 29.3 Å². The van der Waals surface area contributed by atoms with Gasteiger partial charge >= 0.3 is 12.4 Å². The third-order valence-corrected chi connectivity index (χ3v) is 2.86. The second-order valence-electron chi connectivity index (χ2n) is 4.37. The standard InChI is InChI=1S/C12H12F6N2O/c1-6-7(3-2-4-8(6)19)5-20-10(21)9(11(13,14)15)12(16,17)18/h2-4,9H,5,19H2,1H3,(H,20,21). The number of anilines is 1. The van der Waals surface area contributed by atoms with E-state index in [1.165, 1.54) is 18.2 Å². The van der Waals surface area contributed by atoms with E-state index in [0.717, 1.165) is 0 Å². The van der Waals surface area contributed by atoms with Crippen molar-refractivity contribution in [1.82, 2.24) is 5.32 Å². The lowest BCUT2D eigenvalue weighted by atomic mass is 10.1. The van der Waals surface area contributed by atoms with Crippen molar-refractivity contribution < 1.29 is 31.1 Å². The second kappa shape index (κ2) is 5.82. The zero-order valence-corrected chi connectivity index (χ0v) is 10.8. The highest BCUT2D eigenvalue weighted by atomic mass is 19.4. The monoisotopic (exact) mass is 314 g/mol. The minimum absolute atomic E-state index is 0.324. The molecule has 0 aromatic heterocycles. The number of carbonyl (C=O) groups excluding carboxylic acids is 1. The molecule has 9 heteroatoms. The smallest absolute Gasteiger partial charge is 0.399 e. The van der Waals surface area contributed by atoms with Crippen LogP contribution in [-0.4, -0.2) is 18.3 Å². The van der Waals surface area contributed by atoms with Gasteiger partial charge in [0.1, 0.15) is 0 Å². The number of rotatable bonds is 3. The number of nitrogens with two attached hydrogens (primary N) is 1. The Labute approximate surface area is 116 Å². The first-order valence-corrected chi connectivity index (χ1v) is 5.69. The van der Waals surface area contributed by atoms with Gasteiger partial charge in [0, 0.05) is 12.2 Å². The average Bonchev–Trinajstić information content (AvgIpc) is 2.27. The van der Waals surface area contributed by atoms with Crippen LogP contribution in [-0.2, 0) is 11.3 Å². The first-order chi connectivity index (χ1) is 9.44. The molecule has 1 aromatic rings. The largest absolute Gasteiger partial charge is 0.409 e. The van der Waals surface area contributed by atoms with E-state index >= 15 is 0 Å². The molecule has 0 aliphatic rings. The van der Waals surface area contributed by atoms with Crippen LogP contribution in [0.25, 0.3) is 0 Å². The minimum atomic E-state index is -5.70. The van der Waals surface area contributed by atoms with Crippen molar-refractivity contribution in [2.24, 2.45) is 5.92 Å². The van der Waals surface area contributed by atoms with E-state index in [2.05, 4.69) is 0 Å². The molecule has 3 N–H and O–H groups in total. The van der Waals surface area contributed by atoms with Gasteiger partial charge in [0.2, 0.25) is 11.8 Å². The van der Waals surface area contributed by atoms with Crippen LogP contribution in [0.1, 0.15) is 11.1 Å². The van der Waals surface area contributed by atoms with Gasteiger partial charge in [-0.2, -0.15) is 26.3 Å². The number of benzene rings is 1. The van der Waals surface area contributed by atoms with E-state index in [1.807, 2.05) is 0 Å². The maximum Gasteiger partial charge on any atom is 0.409 e. The Morgan fingerprint density at radius 1 is 1.19 bits per heavy atom. The molecule has 0 radical (unpaired) electrons. The molecule has 0 aliphatic heterocycles. The molecule has 0 bridgehead atoms. The highest BCUT2D eigenvalue weighted by molar-refractivity contribution is 5.80. The molecule has 118 valence electrons. The molecular weight excluding hydrogens is 302 g/mol. The van der Waals surface area contributed by atoms with Crippen LogP contribution >= 0.6 is 0 Å². The maximum absolute atomic E-state index is 12.3. The van der Waals surface area contributed by atoms with E-state index in [4.69, 9.17) is 5.73 Å². The number of nitrogens with one attached hydrogen (secondary N) is 1. The number of hydrogen-bond donors (Lipinski definition) is 2. The number of alkyl halides is 6. The van der Waals surface area contributed by atoms with Gasteiger partial charge in [0.25, 0.3) is 0 Å². The Morgan fingerprint density at radius 3 is 2.19 bits per heavy atom. The highest BCUT2D eigenvalue weighted by Crippen LogP contribution is 2.39. The topological polar surface area (TPSA) is 55.1 Å². The summed E-state index contributed by atoms with van der Waals surface area (Å²) in [6, 6.07) is 4.45. The summed E-state index contributed by atoms with van der Waals surface area (Å²) in [6.45, 7) is 1.07. The molecule has 1 rings (SSSR count). The summed E-state index contributed by atoms with van der Waals surface area (Å²) < 4.78 is 74.0. The SMILES string of the molecule is Cc1c(N)cccc1CNC(=O)C(C(F)(F)F)C(F)(F)F. The molecule has 0 saturated carbocycles. The van der Waals surface area contributed by atoms with Gasteiger partial charge in [-0.3, -0.25) is 4.79 Å². The Bertz CT molecular complexity index is 509. The predicted molar refractivity (Wildman–Crippen MR) is 63.0 cm³/mol. The van der Waals surface area contributed by atoms with Gasteiger partial charge in [-0.05, 0) is 24.1 Å². The molecule has 21 heavy (non-hydrogen) atoms. The zero-order valence-electron chi connectivity index (χ0n) is 10.8. The minimum Gasteiger partial charge on any atom is -0.399 e. The highest BCUT2D eigenvalue weighted by Gasteiger charge is 2.61. The Morgan fingerprint density at radius 2 is 1.71 bits per heavy atom. The molecule has 0 unspecified atom stereocenters. The van der Waals surface area contributed by atoms with Gasteiger partial charge < -0.3 is 11.1 Å². The average molecular weight is 314 g/mol. The Kier molecular flexibility index (Phi) is 4.75. The van der Waals surface area contributed by atoms with Gasteiger partial charge in [0.05, 0.1) is 0 Å². The summed E-state index contributed by atoms with van der Waals surface area (Å²) in [5.41, 5.74) is 6.70. The summed E-state index contributed by atoms with van der Waals surface area (Å²) >= 11 is 0. The van der Waals surface area contributed by atoms with E-state index in [9.17, 15) is 31.1 Å². The Hall–Kier alpha value is -1.93. The Balaban J connectivity index is 2.87. The van der Waals surface area contributed by atoms with Crippen molar-refractivity contribution in [2.75, 3.05) is 5.73 Å². The fourth-order valence-electron chi connectivity index (χ4n) is 1.66. The molecule has 0 spiro atoms. The van der Waals surface area contributed by atoms with Crippen molar-refractivity contribution in [3.8, 4) is 0 Å². The third kappa shape index (κ3) is 4.27. The summed E-state index contributed by atoms with van der Waals surface area (Å²) in [6.07, 6.45) is -11.4. The van der Waals surface area contributed by atoms with Crippen molar-refractivity contribution in [2.45, 2.75) is 25.8 Å². The lowest BCUT2D eigenvalue weighted by Gasteiger charge is -2.22. The van der Waals surface area contributed by atoms with Gasteiger partial charge in [-0.25, -0.2) is 0 Å². The van der Waals surface area contributed by atoms with E-state index in [1.54, 1.807) is 12.2 Å². The van der Waals surface area contributed by atoms with Crippen LogP contribution in [0.15, 0.2) is 18.2 Å². The summed E-state index contributed by atoms with van der Waals surface area (Å²) in [4.78, 5) is 11.2. The van der Waals surface area contributed by atoms with E-state index < -0.39 is 30.7 Å². The van der Waals surface area contributed by atoms with E-state index in [-0.39, 0.29) is 0 Å². The fourth-order valence-corrected chi connectivity index (χ4v) is 1.66. The normalized spacial score (nSPS) is 12.6. The lowest BCUT2D eigenvalue weighted by Crippen LogP contribution is -2.47. The molecule has 0 saturated heterocycles. The first kappa shape index (κ1) is 17.1. The van der Waals surface area contributed by atoms with Crippen LogP contribution in [0.3, 0.4) is 0 Å². The number of nitrogen functional groups attached to an aromatic ring is 1. The molecule has 0 heterocycles. The lowest BCUT2D eigenvalue weighted by molar-refractivity contribution is -0.274. The predicted octanol–water partition coefficient (Wildman–Crippen LogP) is 2.93. The molecule has 0 aliphatic carbocycles. The van der Waals surface area contributed by atoms with E-state index in [0.29, 0.717) is 16.8 Å². The molecule has 0 atom stereocenters. The second-order valence-corrected chi connectivity index (χ2v) is 4.37. The summed E-state index contributed by atoms with van der Waals surface area (Å²) in [5.74, 6) is -6.19. The van der Waals surface area contributed by atoms with Crippen LogP contribution in [0.5, 0.6) is 0 Å². The third-order valence-electron chi connectivity index (χ3n) is 2.86. The summed E-state index contributed by atoms with van der Waals surface area (Å²) in [7, 11) is 0. The van der Waals surface area contributed by atoms with Crippen molar-refractivity contribution >= 4 is 11.6 Å². The molecular formula is C12H12F6N2O. The van der Waals surface area contributed by atoms with Crippen LogP contribution < -0.4 is 11.1 Å². The molecule has 0 fully saturated rings. The summed E-state index contributed by atoms with van der Waals surface area (Å²) in [5, 5.41) is 1.65. The number of hydrogen-bond acceptors (Lipinski definition) is 2. The number of carbonyl (C=O) groups is 1. The number of halogens is 6. The first-order valence-electron chi connectivity index (χ1n) is 5.69. The number of amides is 1.